The van der Waals surface area contributed by atoms with Crippen LogP contribution in [0, 0.1) is 0 Å². The molecular weight excluding hydrogens is 394 g/mol. The molecule has 0 amide bonds. The van der Waals surface area contributed by atoms with Crippen LogP contribution in [0.4, 0.5) is 0 Å². The second-order valence-corrected chi connectivity index (χ2v) is 6.95. The summed E-state index contributed by atoms with van der Waals surface area (Å²) in [6, 6.07) is 15.1. The average molecular weight is 410 g/mol. The van der Waals surface area contributed by atoms with E-state index in [1.807, 2.05) is 47.1 Å². The van der Waals surface area contributed by atoms with Crippen LogP contribution in [0.2, 0.25) is 5.02 Å². The monoisotopic (exact) mass is 409 g/mol. The summed E-state index contributed by atoms with van der Waals surface area (Å²) in [7, 11) is 1.64. The summed E-state index contributed by atoms with van der Waals surface area (Å²) in [5.41, 5.74) is 3.06. The van der Waals surface area contributed by atoms with Crippen LogP contribution in [0.15, 0.2) is 53.1 Å². The molecule has 1 atom stereocenters. The van der Waals surface area contributed by atoms with Gasteiger partial charge in [0.1, 0.15) is 11.9 Å². The largest absolute Gasteiger partial charge is 0.497 e. The molecule has 4 aromatic rings. The van der Waals surface area contributed by atoms with Gasteiger partial charge in [0.05, 0.1) is 31.0 Å². The first kappa shape index (κ1) is 17.8. The molecule has 0 radical (unpaired) electrons. The highest BCUT2D eigenvalue weighted by Gasteiger charge is 2.28. The lowest BCUT2D eigenvalue weighted by atomic mass is 10.1. The zero-order valence-corrected chi connectivity index (χ0v) is 16.2. The predicted molar refractivity (Wildman–Crippen MR) is 104 cm³/mol. The Labute approximate surface area is 171 Å². The van der Waals surface area contributed by atoms with E-state index in [1.165, 1.54) is 0 Å². The molecule has 0 unspecified atom stereocenters. The van der Waals surface area contributed by atoms with E-state index in [0.717, 1.165) is 17.0 Å². The molecule has 0 aliphatic carbocycles. The van der Waals surface area contributed by atoms with E-state index in [9.17, 15) is 0 Å². The first-order valence-corrected chi connectivity index (χ1v) is 9.37. The van der Waals surface area contributed by atoms with Gasteiger partial charge in [0.25, 0.3) is 5.89 Å². The Bertz CT molecular complexity index is 1160. The molecule has 0 spiro atoms. The predicted octanol–water partition coefficient (Wildman–Crippen LogP) is 3.93. The number of fused-ring (bicyclic) bond motifs is 1. The third-order valence-corrected chi connectivity index (χ3v) is 5.16. The number of aromatic nitrogens is 5. The van der Waals surface area contributed by atoms with E-state index >= 15 is 0 Å². The minimum absolute atomic E-state index is 0.121. The molecule has 3 heterocycles. The molecule has 2 aromatic heterocycles. The summed E-state index contributed by atoms with van der Waals surface area (Å²) in [6.45, 7) is 0.878. The van der Waals surface area contributed by atoms with Crippen molar-refractivity contribution in [3.05, 3.63) is 64.8 Å². The molecule has 1 aliphatic rings. The van der Waals surface area contributed by atoms with Gasteiger partial charge in [0.2, 0.25) is 5.82 Å². The van der Waals surface area contributed by atoms with Crippen LogP contribution in [-0.4, -0.2) is 32.2 Å². The van der Waals surface area contributed by atoms with Crippen LogP contribution in [0.3, 0.4) is 0 Å². The van der Waals surface area contributed by atoms with E-state index in [-0.39, 0.29) is 12.0 Å². The third kappa shape index (κ3) is 3.26. The van der Waals surface area contributed by atoms with Crippen molar-refractivity contribution in [3.8, 4) is 28.7 Å². The fraction of sp³-hybridized carbons (Fsp3) is 0.200. The maximum Gasteiger partial charge on any atom is 0.280 e. The van der Waals surface area contributed by atoms with E-state index in [4.69, 9.17) is 25.6 Å². The number of methoxy groups -OCH3 is 1. The number of rotatable bonds is 4. The Balaban J connectivity index is 1.40. The summed E-state index contributed by atoms with van der Waals surface area (Å²) in [4.78, 5) is 4.44. The summed E-state index contributed by atoms with van der Waals surface area (Å²) in [5.74, 6) is 1.49. The minimum Gasteiger partial charge on any atom is -0.497 e. The second-order valence-electron chi connectivity index (χ2n) is 6.54. The van der Waals surface area contributed by atoms with Crippen LogP contribution in [0.1, 0.15) is 17.4 Å². The molecule has 8 nitrogen and oxygen atoms in total. The van der Waals surface area contributed by atoms with Crippen LogP contribution in [0.25, 0.3) is 23.0 Å². The summed E-state index contributed by atoms with van der Waals surface area (Å²) < 4.78 is 18.5. The number of nitrogens with zero attached hydrogens (tertiary/aromatic N) is 5. The molecule has 0 saturated heterocycles. The van der Waals surface area contributed by atoms with E-state index in [2.05, 4.69) is 20.5 Å². The van der Waals surface area contributed by atoms with Gasteiger partial charge in [-0.1, -0.05) is 46.2 Å². The second kappa shape index (κ2) is 7.31. The maximum absolute atomic E-state index is 6.22. The van der Waals surface area contributed by atoms with Gasteiger partial charge in [-0.3, -0.25) is 0 Å². The standard InChI is InChI=1S/C20H16ClN5O3/c1-27-13-8-6-12(7-9-13)17-10-26-16(11-28-17)18(23-25-26)20-22-19(24-29-20)14-4-2-3-5-15(14)21/h2-9,17H,10-11H2,1H3/t17-/m1/s1. The Hall–Kier alpha value is -3.23. The van der Waals surface area contributed by atoms with Crippen molar-refractivity contribution in [1.29, 1.82) is 0 Å². The van der Waals surface area contributed by atoms with Crippen molar-refractivity contribution in [1.82, 2.24) is 25.1 Å². The highest BCUT2D eigenvalue weighted by molar-refractivity contribution is 6.33. The van der Waals surface area contributed by atoms with Crippen molar-refractivity contribution in [2.24, 2.45) is 0 Å². The molecule has 29 heavy (non-hydrogen) atoms. The fourth-order valence-electron chi connectivity index (χ4n) is 3.27. The highest BCUT2D eigenvalue weighted by Crippen LogP contribution is 2.32. The smallest absolute Gasteiger partial charge is 0.280 e. The zero-order chi connectivity index (χ0) is 19.8. The number of ether oxygens (including phenoxy) is 2. The van der Waals surface area contributed by atoms with Crippen LogP contribution in [0.5, 0.6) is 5.75 Å². The van der Waals surface area contributed by atoms with Crippen molar-refractivity contribution in [3.63, 3.8) is 0 Å². The zero-order valence-electron chi connectivity index (χ0n) is 15.4. The first-order valence-electron chi connectivity index (χ1n) is 9.00. The van der Waals surface area contributed by atoms with Crippen molar-refractivity contribution in [2.45, 2.75) is 19.3 Å². The Morgan fingerprint density at radius 3 is 2.76 bits per heavy atom. The lowest BCUT2D eigenvalue weighted by Crippen LogP contribution is -2.22. The minimum atomic E-state index is -0.121. The number of hydrogen-bond acceptors (Lipinski definition) is 7. The molecule has 0 N–H and O–H groups in total. The van der Waals surface area contributed by atoms with Crippen LogP contribution < -0.4 is 4.74 Å². The normalized spacial score (nSPS) is 15.9. The molecule has 9 heteroatoms. The molecule has 5 rings (SSSR count). The van der Waals surface area contributed by atoms with Gasteiger partial charge >= 0.3 is 0 Å². The summed E-state index contributed by atoms with van der Waals surface area (Å²) >= 11 is 6.22. The quantitative estimate of drug-likeness (QED) is 0.504. The Morgan fingerprint density at radius 2 is 1.97 bits per heavy atom. The molecular formula is C20H16ClN5O3. The molecule has 0 fully saturated rings. The maximum atomic E-state index is 6.22. The Kier molecular flexibility index (Phi) is 4.49. The molecule has 1 aliphatic heterocycles. The topological polar surface area (TPSA) is 88.1 Å². The van der Waals surface area contributed by atoms with Crippen LogP contribution >= 0.6 is 11.6 Å². The van der Waals surface area contributed by atoms with E-state index < -0.39 is 0 Å². The van der Waals surface area contributed by atoms with Gasteiger partial charge < -0.3 is 14.0 Å². The molecule has 0 saturated carbocycles. The van der Waals surface area contributed by atoms with Gasteiger partial charge in [0.15, 0.2) is 5.69 Å². The molecule has 0 bridgehead atoms. The van der Waals surface area contributed by atoms with E-state index in [1.54, 1.807) is 13.2 Å². The summed E-state index contributed by atoms with van der Waals surface area (Å²) in [6.07, 6.45) is -0.121. The third-order valence-electron chi connectivity index (χ3n) is 4.83. The van der Waals surface area contributed by atoms with Gasteiger partial charge in [0, 0.05) is 5.56 Å². The number of halogens is 1. The number of hydrogen-bond donors (Lipinski definition) is 0. The van der Waals surface area contributed by atoms with Crippen LogP contribution in [-0.2, 0) is 17.9 Å². The lowest BCUT2D eigenvalue weighted by molar-refractivity contribution is -0.00119. The molecule has 2 aromatic carbocycles. The average Bonchev–Trinajstić information content (AvgIpc) is 3.40. The van der Waals surface area contributed by atoms with Gasteiger partial charge in [-0.05, 0) is 29.8 Å². The van der Waals surface area contributed by atoms with Gasteiger partial charge in [-0.25, -0.2) is 4.68 Å². The first-order chi connectivity index (χ1) is 14.2. The lowest BCUT2D eigenvalue weighted by Gasteiger charge is -2.24. The van der Waals surface area contributed by atoms with Crippen molar-refractivity contribution >= 4 is 11.6 Å². The van der Waals surface area contributed by atoms with E-state index in [0.29, 0.717) is 35.3 Å². The van der Waals surface area contributed by atoms with Gasteiger partial charge in [-0.15, -0.1) is 5.10 Å². The van der Waals surface area contributed by atoms with Gasteiger partial charge in [-0.2, -0.15) is 4.98 Å². The van der Waals surface area contributed by atoms with Crippen molar-refractivity contribution < 1.29 is 14.0 Å². The SMILES string of the molecule is COc1ccc([C@H]2Cn3nnc(-c4nc(-c5ccccc5Cl)no4)c3CO2)cc1. The highest BCUT2D eigenvalue weighted by atomic mass is 35.5. The molecule has 146 valence electrons. The Morgan fingerprint density at radius 1 is 1.14 bits per heavy atom. The summed E-state index contributed by atoms with van der Waals surface area (Å²) in [5, 5.41) is 13.1. The fourth-order valence-corrected chi connectivity index (χ4v) is 3.49. The van der Waals surface area contributed by atoms with Crippen molar-refractivity contribution in [2.75, 3.05) is 7.11 Å². The number of benzene rings is 2.